The Labute approximate surface area is 97.5 Å². The number of aromatic nitrogens is 2. The normalized spacial score (nSPS) is 13.3. The fourth-order valence-corrected chi connectivity index (χ4v) is 2.19. The number of halogens is 1. The highest BCUT2D eigenvalue weighted by Crippen LogP contribution is 2.01. The highest BCUT2D eigenvalue weighted by atomic mass is 32.1. The van der Waals surface area contributed by atoms with Crippen LogP contribution in [0.25, 0.3) is 0 Å². The molecule has 1 aromatic heterocycles. The summed E-state index contributed by atoms with van der Waals surface area (Å²) >= 11 is 0.798. The van der Waals surface area contributed by atoms with Crippen molar-refractivity contribution >= 4 is 11.5 Å². The van der Waals surface area contributed by atoms with Crippen LogP contribution in [0, 0.1) is 5.92 Å². The van der Waals surface area contributed by atoms with Crippen molar-refractivity contribution in [2.45, 2.75) is 46.5 Å². The molecule has 1 unspecified atom stereocenters. The molecule has 0 N–H and O–H groups in total. The largest absolute Gasteiger partial charge is 0.341 e. The van der Waals surface area contributed by atoms with Crippen LogP contribution >= 0.6 is 11.5 Å². The van der Waals surface area contributed by atoms with Crippen molar-refractivity contribution in [1.29, 1.82) is 0 Å². The van der Waals surface area contributed by atoms with Crippen molar-refractivity contribution in [3.05, 3.63) is 20.2 Å². The van der Waals surface area contributed by atoms with Gasteiger partial charge in [-0.25, -0.2) is 17.7 Å². The van der Waals surface area contributed by atoms with Gasteiger partial charge >= 0.3 is 10.6 Å². The predicted octanol–water partition coefficient (Wildman–Crippen LogP) is 1.48. The van der Waals surface area contributed by atoms with Crippen LogP contribution in [0.3, 0.4) is 0 Å². The van der Waals surface area contributed by atoms with Crippen molar-refractivity contribution in [2.75, 3.05) is 0 Å². The SMILES string of the molecule is CCC(F)Cn1sc(=O)n(CC(C)C)c1=O. The van der Waals surface area contributed by atoms with Crippen molar-refractivity contribution < 1.29 is 4.39 Å². The van der Waals surface area contributed by atoms with Gasteiger partial charge in [0.05, 0.1) is 6.54 Å². The van der Waals surface area contributed by atoms with E-state index in [2.05, 4.69) is 0 Å². The zero-order chi connectivity index (χ0) is 12.3. The van der Waals surface area contributed by atoms with Gasteiger partial charge in [0, 0.05) is 18.1 Å². The van der Waals surface area contributed by atoms with Crippen LogP contribution in [0.5, 0.6) is 0 Å². The Bertz CT molecular complexity index is 446. The predicted molar refractivity (Wildman–Crippen MR) is 62.9 cm³/mol. The average molecular weight is 248 g/mol. The van der Waals surface area contributed by atoms with Crippen LogP contribution in [-0.4, -0.2) is 14.7 Å². The van der Waals surface area contributed by atoms with E-state index in [4.69, 9.17) is 0 Å². The number of rotatable bonds is 5. The minimum Gasteiger partial charge on any atom is -0.255 e. The minimum absolute atomic E-state index is 0.0136. The van der Waals surface area contributed by atoms with Gasteiger partial charge in [-0.1, -0.05) is 20.8 Å². The lowest BCUT2D eigenvalue weighted by Crippen LogP contribution is -2.31. The molecule has 1 aromatic rings. The number of nitrogens with zero attached hydrogens (tertiary/aromatic N) is 2. The summed E-state index contributed by atoms with van der Waals surface area (Å²) in [6.07, 6.45) is -0.717. The van der Waals surface area contributed by atoms with Crippen molar-refractivity contribution in [1.82, 2.24) is 8.52 Å². The average Bonchev–Trinajstić information content (AvgIpc) is 2.45. The molecule has 4 nitrogen and oxygen atoms in total. The first-order chi connectivity index (χ1) is 7.45. The van der Waals surface area contributed by atoms with Crippen LogP contribution in [0.1, 0.15) is 27.2 Å². The first-order valence-electron chi connectivity index (χ1n) is 5.40. The lowest BCUT2D eigenvalue weighted by molar-refractivity contribution is 0.289. The van der Waals surface area contributed by atoms with Gasteiger partial charge in [-0.15, -0.1) is 0 Å². The van der Waals surface area contributed by atoms with Crippen LogP contribution in [0.4, 0.5) is 4.39 Å². The first kappa shape index (κ1) is 13.2. The van der Waals surface area contributed by atoms with Crippen LogP contribution < -0.4 is 10.6 Å². The molecule has 6 heteroatoms. The smallest absolute Gasteiger partial charge is 0.255 e. The molecule has 0 aromatic carbocycles. The lowest BCUT2D eigenvalue weighted by Gasteiger charge is -2.04. The summed E-state index contributed by atoms with van der Waals surface area (Å²) in [6, 6.07) is 0. The third-order valence-electron chi connectivity index (χ3n) is 2.21. The second kappa shape index (κ2) is 5.43. The van der Waals surface area contributed by atoms with Gasteiger partial charge in [-0.2, -0.15) is 0 Å². The number of hydrogen-bond acceptors (Lipinski definition) is 3. The molecule has 0 spiro atoms. The van der Waals surface area contributed by atoms with Crippen LogP contribution in [-0.2, 0) is 13.1 Å². The zero-order valence-corrected chi connectivity index (χ0v) is 10.6. The fourth-order valence-electron chi connectivity index (χ4n) is 1.34. The number of alkyl halides is 1. The molecule has 1 heterocycles. The van der Waals surface area contributed by atoms with E-state index in [1.54, 1.807) is 6.92 Å². The molecular formula is C10H17FN2O2S. The third-order valence-corrected chi connectivity index (χ3v) is 3.11. The zero-order valence-electron chi connectivity index (χ0n) is 9.77. The molecule has 1 atom stereocenters. The number of hydrogen-bond donors (Lipinski definition) is 0. The van der Waals surface area contributed by atoms with Gasteiger partial charge in [0.25, 0.3) is 0 Å². The molecule has 0 aliphatic heterocycles. The van der Waals surface area contributed by atoms with Gasteiger partial charge in [-0.3, -0.25) is 4.79 Å². The molecule has 92 valence electrons. The summed E-state index contributed by atoms with van der Waals surface area (Å²) in [5.74, 6) is 0.223. The van der Waals surface area contributed by atoms with E-state index in [1.165, 1.54) is 8.52 Å². The Morgan fingerprint density at radius 2 is 1.94 bits per heavy atom. The highest BCUT2D eigenvalue weighted by molar-refractivity contribution is 7.03. The van der Waals surface area contributed by atoms with Gasteiger partial charge < -0.3 is 0 Å². The van der Waals surface area contributed by atoms with Crippen molar-refractivity contribution in [3.63, 3.8) is 0 Å². The van der Waals surface area contributed by atoms with E-state index >= 15 is 0 Å². The highest BCUT2D eigenvalue weighted by Gasteiger charge is 2.14. The third kappa shape index (κ3) is 3.04. The second-order valence-electron chi connectivity index (χ2n) is 4.21. The summed E-state index contributed by atoms with van der Waals surface area (Å²) in [5.41, 5.74) is -0.389. The van der Waals surface area contributed by atoms with Crippen molar-refractivity contribution in [3.8, 4) is 0 Å². The topological polar surface area (TPSA) is 44.0 Å². The monoisotopic (exact) mass is 248 g/mol. The molecule has 0 aliphatic rings. The Balaban J connectivity index is 2.98. The van der Waals surface area contributed by atoms with E-state index in [-0.39, 0.29) is 23.0 Å². The lowest BCUT2D eigenvalue weighted by atomic mass is 10.2. The summed E-state index contributed by atoms with van der Waals surface area (Å²) in [7, 11) is 0. The maximum atomic E-state index is 13.1. The second-order valence-corrected chi connectivity index (χ2v) is 5.18. The molecule has 0 saturated heterocycles. The van der Waals surface area contributed by atoms with E-state index in [0.29, 0.717) is 13.0 Å². The van der Waals surface area contributed by atoms with E-state index < -0.39 is 6.17 Å². The quantitative estimate of drug-likeness (QED) is 0.792. The minimum atomic E-state index is -1.07. The van der Waals surface area contributed by atoms with Gasteiger partial charge in [0.2, 0.25) is 0 Å². The molecule has 0 radical (unpaired) electrons. The van der Waals surface area contributed by atoms with Gasteiger partial charge in [-0.05, 0) is 12.3 Å². The maximum Gasteiger partial charge on any atom is 0.341 e. The van der Waals surface area contributed by atoms with E-state index in [1.807, 2.05) is 13.8 Å². The Morgan fingerprint density at radius 3 is 2.44 bits per heavy atom. The Hall–Kier alpha value is -0.910. The molecular weight excluding hydrogens is 231 g/mol. The van der Waals surface area contributed by atoms with Crippen molar-refractivity contribution in [2.24, 2.45) is 5.92 Å². The van der Waals surface area contributed by atoms with E-state index in [0.717, 1.165) is 11.5 Å². The maximum absolute atomic E-state index is 13.1. The molecule has 16 heavy (non-hydrogen) atoms. The molecule has 0 saturated carbocycles. The van der Waals surface area contributed by atoms with Crippen LogP contribution in [0.2, 0.25) is 0 Å². The van der Waals surface area contributed by atoms with Crippen LogP contribution in [0.15, 0.2) is 9.59 Å². The van der Waals surface area contributed by atoms with Gasteiger partial charge in [0.15, 0.2) is 0 Å². The summed E-state index contributed by atoms with van der Waals surface area (Å²) in [4.78, 5) is 22.9. The standard InChI is InChI=1S/C10H17FN2O2S/c1-4-8(11)6-13-9(14)12(5-7(2)3)10(15)16-13/h7-8H,4-6H2,1-3H3. The Morgan fingerprint density at radius 1 is 1.31 bits per heavy atom. The summed E-state index contributed by atoms with van der Waals surface area (Å²) in [6.45, 7) is 5.95. The van der Waals surface area contributed by atoms with Gasteiger partial charge in [0.1, 0.15) is 6.17 Å². The molecule has 0 bridgehead atoms. The van der Waals surface area contributed by atoms with E-state index in [9.17, 15) is 14.0 Å². The Kier molecular flexibility index (Phi) is 4.46. The first-order valence-corrected chi connectivity index (χ1v) is 6.18. The molecule has 0 aliphatic carbocycles. The molecule has 0 amide bonds. The molecule has 1 rings (SSSR count). The molecule has 0 fully saturated rings. The fraction of sp³-hybridized carbons (Fsp3) is 0.800. The summed E-state index contributed by atoms with van der Waals surface area (Å²) in [5, 5.41) is 0. The summed E-state index contributed by atoms with van der Waals surface area (Å²) < 4.78 is 15.5.